The highest BCUT2D eigenvalue weighted by Gasteiger charge is 2.57. The first-order valence-corrected chi connectivity index (χ1v) is 13.0. The van der Waals surface area contributed by atoms with Crippen LogP contribution in [0.2, 0.25) is 0 Å². The number of allylic oxidation sites excluding steroid dienone is 2. The van der Waals surface area contributed by atoms with Gasteiger partial charge < -0.3 is 5.32 Å². The molecule has 0 spiro atoms. The van der Waals surface area contributed by atoms with E-state index in [2.05, 4.69) is 42.8 Å². The van der Waals surface area contributed by atoms with Gasteiger partial charge in [-0.1, -0.05) is 31.9 Å². The summed E-state index contributed by atoms with van der Waals surface area (Å²) in [7, 11) is 0. The number of anilines is 1. The summed E-state index contributed by atoms with van der Waals surface area (Å²) in [5.41, 5.74) is 3.05. The predicted octanol–water partition coefficient (Wildman–Crippen LogP) is 7.91. The molecule has 5 rings (SSSR count). The fourth-order valence-corrected chi connectivity index (χ4v) is 8.87. The van der Waals surface area contributed by atoms with Crippen LogP contribution in [0.5, 0.6) is 0 Å². The van der Waals surface area contributed by atoms with Crippen molar-refractivity contribution in [2.24, 2.45) is 34.5 Å². The second-order valence-electron chi connectivity index (χ2n) is 10.8. The Morgan fingerprint density at radius 1 is 1.11 bits per heavy atom. The van der Waals surface area contributed by atoms with E-state index in [4.69, 9.17) is 0 Å². The lowest BCUT2D eigenvalue weighted by molar-refractivity contribution is -0.0423. The van der Waals surface area contributed by atoms with E-state index in [1.807, 2.05) is 16.9 Å². The second kappa shape index (κ2) is 7.49. The molecule has 0 bridgehead atoms. The molecule has 1 heterocycles. The van der Waals surface area contributed by atoms with Gasteiger partial charge in [0.2, 0.25) is 0 Å². The number of thiophene rings is 1. The second-order valence-corrected chi connectivity index (χ2v) is 11.8. The lowest BCUT2D eigenvalue weighted by Crippen LogP contribution is -2.49. The maximum Gasteiger partial charge on any atom is 0.0882 e. The van der Waals surface area contributed by atoms with E-state index in [0.29, 0.717) is 10.8 Å². The van der Waals surface area contributed by atoms with Gasteiger partial charge in [-0.3, -0.25) is 0 Å². The predicted molar refractivity (Wildman–Crippen MR) is 122 cm³/mol. The van der Waals surface area contributed by atoms with Crippen LogP contribution in [0, 0.1) is 34.5 Å². The Kier molecular flexibility index (Phi) is 5.14. The summed E-state index contributed by atoms with van der Waals surface area (Å²) >= 11 is 1.83. The maximum atomic E-state index is 3.63. The molecule has 2 heteroatoms. The molecule has 0 unspecified atom stereocenters. The van der Waals surface area contributed by atoms with Crippen molar-refractivity contribution in [2.75, 3.05) is 11.9 Å². The highest BCUT2D eigenvalue weighted by molar-refractivity contribution is 7.14. The van der Waals surface area contributed by atoms with Gasteiger partial charge in [-0.25, -0.2) is 0 Å². The first-order chi connectivity index (χ1) is 13.6. The van der Waals surface area contributed by atoms with Crippen molar-refractivity contribution in [1.29, 1.82) is 0 Å². The molecule has 0 amide bonds. The number of rotatable bonds is 5. The number of fused-ring (bicyclic) bond motifs is 5. The summed E-state index contributed by atoms with van der Waals surface area (Å²) in [5.74, 6) is 3.94. The molecule has 0 aromatic carbocycles. The van der Waals surface area contributed by atoms with E-state index in [1.165, 1.54) is 75.6 Å². The summed E-state index contributed by atoms with van der Waals surface area (Å²) in [6.07, 6.45) is 18.7. The Balaban J connectivity index is 1.24. The lowest BCUT2D eigenvalue weighted by atomic mass is 9.47. The van der Waals surface area contributed by atoms with Gasteiger partial charge in [-0.2, -0.15) is 0 Å². The zero-order valence-electron chi connectivity index (χ0n) is 18.0. The summed E-state index contributed by atoms with van der Waals surface area (Å²) in [6, 6.07) is 4.35. The largest absolute Gasteiger partial charge is 0.377 e. The van der Waals surface area contributed by atoms with E-state index in [0.717, 1.165) is 30.2 Å². The maximum absolute atomic E-state index is 3.63. The van der Waals surface area contributed by atoms with E-state index in [-0.39, 0.29) is 0 Å². The third-order valence-electron chi connectivity index (χ3n) is 9.76. The monoisotopic (exact) mass is 397 g/mol. The van der Waals surface area contributed by atoms with Gasteiger partial charge in [0.05, 0.1) is 5.00 Å². The summed E-state index contributed by atoms with van der Waals surface area (Å²) in [5, 5.41) is 7.13. The van der Waals surface area contributed by atoms with Crippen molar-refractivity contribution in [2.45, 2.75) is 84.5 Å². The van der Waals surface area contributed by atoms with Crippen molar-refractivity contribution in [3.8, 4) is 0 Å². The molecule has 1 aromatic rings. The Hall–Kier alpha value is -0.760. The first kappa shape index (κ1) is 19.2. The van der Waals surface area contributed by atoms with Crippen LogP contribution < -0.4 is 5.32 Å². The lowest BCUT2D eigenvalue weighted by Gasteiger charge is -2.57. The molecular formula is C26H39NS. The molecule has 0 radical (unpaired) electrons. The molecule has 154 valence electrons. The first-order valence-electron chi connectivity index (χ1n) is 12.1. The Morgan fingerprint density at radius 3 is 2.89 bits per heavy atom. The van der Waals surface area contributed by atoms with Gasteiger partial charge in [-0.15, -0.1) is 11.3 Å². The minimum atomic E-state index is 0.561. The third-order valence-corrected chi connectivity index (χ3v) is 10.6. The van der Waals surface area contributed by atoms with Crippen molar-refractivity contribution >= 4 is 16.3 Å². The SMILES string of the molecule is C[C@]12CC[C@H]3[C@@H](CC=C4CCCC[C@@]43C)[C@@H]1CC[C@@H]2CCCNc1cccs1. The van der Waals surface area contributed by atoms with Crippen LogP contribution in [-0.4, -0.2) is 6.54 Å². The molecule has 1 N–H and O–H groups in total. The Labute approximate surface area is 176 Å². The molecule has 3 fully saturated rings. The quantitative estimate of drug-likeness (QED) is 0.393. The van der Waals surface area contributed by atoms with Crippen molar-refractivity contribution in [1.82, 2.24) is 0 Å². The van der Waals surface area contributed by atoms with E-state index < -0.39 is 0 Å². The van der Waals surface area contributed by atoms with Gasteiger partial charge in [-0.05, 0) is 116 Å². The van der Waals surface area contributed by atoms with Crippen LogP contribution in [0.1, 0.15) is 84.5 Å². The summed E-state index contributed by atoms with van der Waals surface area (Å²) in [6.45, 7) is 6.49. The molecule has 28 heavy (non-hydrogen) atoms. The van der Waals surface area contributed by atoms with Crippen LogP contribution in [0.15, 0.2) is 29.2 Å². The molecule has 4 aliphatic carbocycles. The highest BCUT2D eigenvalue weighted by atomic mass is 32.1. The Morgan fingerprint density at radius 2 is 2.04 bits per heavy atom. The summed E-state index contributed by atoms with van der Waals surface area (Å²) in [4.78, 5) is 0. The average molecular weight is 398 g/mol. The van der Waals surface area contributed by atoms with Gasteiger partial charge in [0, 0.05) is 6.54 Å². The molecule has 6 atom stereocenters. The van der Waals surface area contributed by atoms with E-state index >= 15 is 0 Å². The normalized spacial score (nSPS) is 42.3. The van der Waals surface area contributed by atoms with E-state index in [1.54, 1.807) is 0 Å². The zero-order chi connectivity index (χ0) is 19.2. The fourth-order valence-electron chi connectivity index (χ4n) is 8.22. The topological polar surface area (TPSA) is 12.0 Å². The van der Waals surface area contributed by atoms with Crippen molar-refractivity contribution < 1.29 is 0 Å². The van der Waals surface area contributed by atoms with Crippen LogP contribution in [0.25, 0.3) is 0 Å². The van der Waals surface area contributed by atoms with E-state index in [9.17, 15) is 0 Å². The van der Waals surface area contributed by atoms with Gasteiger partial charge in [0.25, 0.3) is 0 Å². The molecular weight excluding hydrogens is 358 g/mol. The van der Waals surface area contributed by atoms with Crippen LogP contribution in [0.3, 0.4) is 0 Å². The third kappa shape index (κ3) is 3.09. The Bertz CT molecular complexity index is 706. The van der Waals surface area contributed by atoms with Crippen LogP contribution in [-0.2, 0) is 0 Å². The minimum Gasteiger partial charge on any atom is -0.377 e. The minimum absolute atomic E-state index is 0.561. The molecule has 0 aliphatic heterocycles. The molecule has 4 aliphatic rings. The van der Waals surface area contributed by atoms with Gasteiger partial charge in [0.1, 0.15) is 0 Å². The average Bonchev–Trinajstić information content (AvgIpc) is 3.32. The van der Waals surface area contributed by atoms with Gasteiger partial charge >= 0.3 is 0 Å². The van der Waals surface area contributed by atoms with Crippen molar-refractivity contribution in [3.05, 3.63) is 29.2 Å². The smallest absolute Gasteiger partial charge is 0.0882 e. The molecule has 1 nitrogen and oxygen atoms in total. The molecule has 0 saturated heterocycles. The number of nitrogens with one attached hydrogen (secondary N) is 1. The van der Waals surface area contributed by atoms with Crippen LogP contribution >= 0.6 is 11.3 Å². The van der Waals surface area contributed by atoms with Crippen molar-refractivity contribution in [3.63, 3.8) is 0 Å². The standard InChI is InChI=1S/C26H39NS/c1-25-15-4-3-7-19(25)10-12-21-22-13-11-20(26(22,2)16-14-23(21)25)8-5-17-27-24-9-6-18-28-24/h6,9-10,18,20-23,27H,3-5,7-8,11-17H2,1-2H3/t20-,21-,22-,23-,25-,26+/m0/s1. The fraction of sp³-hybridized carbons (Fsp3) is 0.769. The molecule has 1 aromatic heterocycles. The summed E-state index contributed by atoms with van der Waals surface area (Å²) < 4.78 is 0. The van der Waals surface area contributed by atoms with Crippen LogP contribution in [0.4, 0.5) is 5.00 Å². The molecule has 3 saturated carbocycles. The number of hydrogen-bond donors (Lipinski definition) is 1. The zero-order valence-corrected chi connectivity index (χ0v) is 18.8. The highest BCUT2D eigenvalue weighted by Crippen LogP contribution is 2.66. The number of hydrogen-bond acceptors (Lipinski definition) is 2. The van der Waals surface area contributed by atoms with Gasteiger partial charge in [0.15, 0.2) is 0 Å².